The second kappa shape index (κ2) is 5.57. The summed E-state index contributed by atoms with van der Waals surface area (Å²) in [6.45, 7) is 7.70. The number of aromatic nitrogens is 1. The molecule has 0 bridgehead atoms. The molecule has 0 amide bonds. The van der Waals surface area contributed by atoms with Crippen LogP contribution in [0.3, 0.4) is 0 Å². The summed E-state index contributed by atoms with van der Waals surface area (Å²) in [5, 5.41) is 0. The van der Waals surface area contributed by atoms with E-state index < -0.39 is 0 Å². The average molecular weight is 248 g/mol. The molecule has 2 heterocycles. The Morgan fingerprint density at radius 2 is 2.33 bits per heavy atom. The van der Waals surface area contributed by atoms with Crippen molar-refractivity contribution in [3.05, 3.63) is 17.8 Å². The van der Waals surface area contributed by atoms with Crippen molar-refractivity contribution in [1.29, 1.82) is 0 Å². The lowest BCUT2D eigenvalue weighted by Crippen LogP contribution is -2.39. The van der Waals surface area contributed by atoms with Crippen LogP contribution in [0.2, 0.25) is 0 Å². The number of likely N-dealkylation sites (tertiary alicyclic amines) is 1. The predicted molar refractivity (Wildman–Crippen MR) is 76.9 cm³/mol. The number of nitrogen functional groups attached to an aromatic ring is 1. The molecule has 2 N–H and O–H groups in total. The molecule has 1 atom stereocenters. The first-order valence-electron chi connectivity index (χ1n) is 6.79. The van der Waals surface area contributed by atoms with Crippen LogP contribution in [0.4, 0.5) is 11.5 Å². The number of rotatable bonds is 4. The number of anilines is 2. The van der Waals surface area contributed by atoms with Crippen molar-refractivity contribution in [2.75, 3.05) is 37.3 Å². The highest BCUT2D eigenvalue weighted by Crippen LogP contribution is 2.21. The third-order valence-corrected chi connectivity index (χ3v) is 3.92. The minimum atomic E-state index is 0.666. The first kappa shape index (κ1) is 13.1. The molecule has 4 heteroatoms. The number of likely N-dealkylation sites (N-methyl/N-ethyl adjacent to an activating group) is 2. The summed E-state index contributed by atoms with van der Waals surface area (Å²) in [6.07, 6.45) is 4.38. The van der Waals surface area contributed by atoms with E-state index in [9.17, 15) is 0 Å². The highest BCUT2D eigenvalue weighted by Gasteiger charge is 2.24. The van der Waals surface area contributed by atoms with Crippen LogP contribution >= 0.6 is 0 Å². The Morgan fingerprint density at radius 3 is 3.00 bits per heavy atom. The van der Waals surface area contributed by atoms with Crippen LogP contribution in [-0.2, 0) is 0 Å². The summed E-state index contributed by atoms with van der Waals surface area (Å²) in [4.78, 5) is 9.21. The van der Waals surface area contributed by atoms with Crippen molar-refractivity contribution >= 4 is 11.5 Å². The summed E-state index contributed by atoms with van der Waals surface area (Å²) >= 11 is 0. The Labute approximate surface area is 110 Å². The van der Waals surface area contributed by atoms with E-state index in [-0.39, 0.29) is 0 Å². The van der Waals surface area contributed by atoms with E-state index >= 15 is 0 Å². The van der Waals surface area contributed by atoms with Crippen LogP contribution in [-0.4, -0.2) is 42.6 Å². The standard InChI is InChI=1S/C14H24N4/c1-4-18-7-5-6-12(18)10-17(3)14-8-11(2)13(15)9-16-14/h8-9,12H,4-7,10,15H2,1-3H3. The van der Waals surface area contributed by atoms with Crippen LogP contribution < -0.4 is 10.6 Å². The molecule has 0 aliphatic carbocycles. The zero-order valence-electron chi connectivity index (χ0n) is 11.7. The molecule has 4 nitrogen and oxygen atoms in total. The third-order valence-electron chi connectivity index (χ3n) is 3.92. The van der Waals surface area contributed by atoms with E-state index in [1.165, 1.54) is 19.4 Å². The van der Waals surface area contributed by atoms with Gasteiger partial charge in [-0.05, 0) is 44.5 Å². The second-order valence-electron chi connectivity index (χ2n) is 5.20. The lowest BCUT2D eigenvalue weighted by molar-refractivity contribution is 0.270. The highest BCUT2D eigenvalue weighted by molar-refractivity contribution is 5.51. The van der Waals surface area contributed by atoms with Gasteiger partial charge in [0.1, 0.15) is 5.82 Å². The molecular weight excluding hydrogens is 224 g/mol. The molecule has 100 valence electrons. The summed E-state index contributed by atoms with van der Waals surface area (Å²) in [6, 6.07) is 2.74. The SMILES string of the molecule is CCN1CCCC1CN(C)c1cc(C)c(N)cn1. The van der Waals surface area contributed by atoms with Gasteiger partial charge in [-0.15, -0.1) is 0 Å². The fourth-order valence-electron chi connectivity index (χ4n) is 2.69. The minimum Gasteiger partial charge on any atom is -0.397 e. The maximum atomic E-state index is 5.81. The fraction of sp³-hybridized carbons (Fsp3) is 0.643. The van der Waals surface area contributed by atoms with Gasteiger partial charge in [0.2, 0.25) is 0 Å². The molecule has 18 heavy (non-hydrogen) atoms. The number of pyridine rings is 1. The normalized spacial score (nSPS) is 20.3. The number of hydrogen-bond donors (Lipinski definition) is 1. The van der Waals surface area contributed by atoms with Crippen LogP contribution in [0.25, 0.3) is 0 Å². The van der Waals surface area contributed by atoms with Gasteiger partial charge in [0.25, 0.3) is 0 Å². The molecule has 1 aromatic heterocycles. The third kappa shape index (κ3) is 2.75. The molecule has 2 rings (SSSR count). The molecule has 0 radical (unpaired) electrons. The smallest absolute Gasteiger partial charge is 0.128 e. The maximum absolute atomic E-state index is 5.81. The number of nitrogens with zero attached hydrogens (tertiary/aromatic N) is 3. The lowest BCUT2D eigenvalue weighted by atomic mass is 10.2. The molecule has 0 saturated carbocycles. The van der Waals surface area contributed by atoms with Crippen molar-refractivity contribution in [3.8, 4) is 0 Å². The number of hydrogen-bond acceptors (Lipinski definition) is 4. The van der Waals surface area contributed by atoms with Gasteiger partial charge in [-0.25, -0.2) is 4.98 Å². The summed E-state index contributed by atoms with van der Waals surface area (Å²) in [7, 11) is 2.12. The lowest BCUT2D eigenvalue weighted by Gasteiger charge is -2.28. The van der Waals surface area contributed by atoms with E-state index in [4.69, 9.17) is 5.73 Å². The summed E-state index contributed by atoms with van der Waals surface area (Å²) in [5.74, 6) is 1.02. The van der Waals surface area contributed by atoms with Crippen LogP contribution in [0, 0.1) is 6.92 Å². The second-order valence-corrected chi connectivity index (χ2v) is 5.20. The van der Waals surface area contributed by atoms with Gasteiger partial charge < -0.3 is 10.6 Å². The van der Waals surface area contributed by atoms with Crippen molar-refractivity contribution < 1.29 is 0 Å². The van der Waals surface area contributed by atoms with Gasteiger partial charge in [0.05, 0.1) is 11.9 Å². The van der Waals surface area contributed by atoms with Gasteiger partial charge >= 0.3 is 0 Å². The average Bonchev–Trinajstić information content (AvgIpc) is 2.79. The monoisotopic (exact) mass is 248 g/mol. The van der Waals surface area contributed by atoms with Gasteiger partial charge in [0.15, 0.2) is 0 Å². The Kier molecular flexibility index (Phi) is 4.07. The predicted octanol–water partition coefficient (Wildman–Crippen LogP) is 1.89. The Bertz CT molecular complexity index is 405. The van der Waals surface area contributed by atoms with Gasteiger partial charge in [-0.3, -0.25) is 4.90 Å². The van der Waals surface area contributed by atoms with Gasteiger partial charge in [0, 0.05) is 19.6 Å². The molecule has 0 spiro atoms. The quantitative estimate of drug-likeness (QED) is 0.884. The van der Waals surface area contributed by atoms with E-state index in [1.807, 2.05) is 6.92 Å². The first-order chi connectivity index (χ1) is 8.61. The molecular formula is C14H24N4. The van der Waals surface area contributed by atoms with E-state index in [0.29, 0.717) is 6.04 Å². The number of aryl methyl sites for hydroxylation is 1. The van der Waals surface area contributed by atoms with Crippen molar-refractivity contribution in [3.63, 3.8) is 0 Å². The molecule has 1 aliphatic heterocycles. The van der Waals surface area contributed by atoms with Crippen LogP contribution in [0.15, 0.2) is 12.3 Å². The minimum absolute atomic E-state index is 0.666. The summed E-state index contributed by atoms with van der Waals surface area (Å²) < 4.78 is 0. The zero-order chi connectivity index (χ0) is 13.1. The van der Waals surface area contributed by atoms with E-state index in [2.05, 4.69) is 34.8 Å². The Balaban J connectivity index is 2.02. The molecule has 0 aromatic carbocycles. The topological polar surface area (TPSA) is 45.4 Å². The summed E-state index contributed by atoms with van der Waals surface area (Å²) in [5.41, 5.74) is 7.68. The highest BCUT2D eigenvalue weighted by atomic mass is 15.2. The van der Waals surface area contributed by atoms with Gasteiger partial charge in [-0.1, -0.05) is 6.92 Å². The Morgan fingerprint density at radius 1 is 1.56 bits per heavy atom. The fourth-order valence-corrected chi connectivity index (χ4v) is 2.69. The van der Waals surface area contributed by atoms with Crippen LogP contribution in [0.1, 0.15) is 25.3 Å². The van der Waals surface area contributed by atoms with E-state index in [0.717, 1.165) is 30.2 Å². The number of nitrogens with two attached hydrogens (primary N) is 1. The van der Waals surface area contributed by atoms with Crippen molar-refractivity contribution in [1.82, 2.24) is 9.88 Å². The zero-order valence-corrected chi connectivity index (χ0v) is 11.7. The van der Waals surface area contributed by atoms with Crippen molar-refractivity contribution in [2.45, 2.75) is 32.7 Å². The maximum Gasteiger partial charge on any atom is 0.128 e. The molecule has 1 saturated heterocycles. The van der Waals surface area contributed by atoms with E-state index in [1.54, 1.807) is 6.20 Å². The largest absolute Gasteiger partial charge is 0.397 e. The van der Waals surface area contributed by atoms with Crippen LogP contribution in [0.5, 0.6) is 0 Å². The first-order valence-corrected chi connectivity index (χ1v) is 6.79. The Hall–Kier alpha value is -1.29. The molecule has 1 fully saturated rings. The molecule has 1 aliphatic rings. The molecule has 1 aromatic rings. The van der Waals surface area contributed by atoms with Crippen molar-refractivity contribution in [2.24, 2.45) is 0 Å². The van der Waals surface area contributed by atoms with Gasteiger partial charge in [-0.2, -0.15) is 0 Å². The molecule has 1 unspecified atom stereocenters.